The first-order chi connectivity index (χ1) is 15.6. The van der Waals surface area contributed by atoms with Gasteiger partial charge in [0.1, 0.15) is 5.52 Å². The number of benzene rings is 1. The molecule has 0 unspecified atom stereocenters. The third-order valence-electron chi connectivity index (χ3n) is 6.59. The Morgan fingerprint density at radius 2 is 1.94 bits per heavy atom. The minimum atomic E-state index is -0.542. The molecule has 5 rings (SSSR count). The Morgan fingerprint density at radius 1 is 1.09 bits per heavy atom. The second-order valence-electron chi connectivity index (χ2n) is 9.05. The lowest BCUT2D eigenvalue weighted by Crippen LogP contribution is -2.38. The van der Waals surface area contributed by atoms with Gasteiger partial charge in [-0.2, -0.15) is 5.10 Å². The van der Waals surface area contributed by atoms with Crippen LogP contribution in [-0.4, -0.2) is 69.7 Å². The van der Waals surface area contributed by atoms with Crippen LogP contribution in [0.5, 0.6) is 0 Å². The molecule has 2 atom stereocenters. The standard InChI is InChI=1S/C23H31N7O2/c1-16(2)30-15-18(13-24-30)22(31)17-4-3-7-29(14-17)23-20-6-5-19(12-21(20)25-27-26-23)28-8-10-32-11-9-28/h5-6,12-13,15-17,22,31H,3-4,7-11,14H2,1-2H3/t17-,22+/m0/s1. The van der Waals surface area contributed by atoms with Crippen LogP contribution in [0.2, 0.25) is 0 Å². The van der Waals surface area contributed by atoms with E-state index in [1.54, 1.807) is 6.20 Å². The maximum atomic E-state index is 11.1. The van der Waals surface area contributed by atoms with Crippen molar-refractivity contribution in [2.45, 2.75) is 38.8 Å². The summed E-state index contributed by atoms with van der Waals surface area (Å²) in [6.45, 7) is 9.07. The van der Waals surface area contributed by atoms with Gasteiger partial charge in [0.25, 0.3) is 0 Å². The van der Waals surface area contributed by atoms with Crippen molar-refractivity contribution in [3.8, 4) is 0 Å². The van der Waals surface area contributed by atoms with Crippen molar-refractivity contribution in [2.75, 3.05) is 49.2 Å². The molecular weight excluding hydrogens is 406 g/mol. The van der Waals surface area contributed by atoms with E-state index in [0.717, 1.165) is 80.2 Å². The van der Waals surface area contributed by atoms with Crippen LogP contribution in [0.25, 0.3) is 10.9 Å². The summed E-state index contributed by atoms with van der Waals surface area (Å²) in [5.74, 6) is 0.963. The van der Waals surface area contributed by atoms with Crippen LogP contribution in [0.3, 0.4) is 0 Å². The number of fused-ring (bicyclic) bond motifs is 1. The van der Waals surface area contributed by atoms with Gasteiger partial charge >= 0.3 is 0 Å². The largest absolute Gasteiger partial charge is 0.388 e. The predicted octanol–water partition coefficient (Wildman–Crippen LogP) is 2.59. The molecule has 9 nitrogen and oxygen atoms in total. The van der Waals surface area contributed by atoms with Crippen molar-refractivity contribution >= 4 is 22.4 Å². The molecule has 0 spiro atoms. The van der Waals surface area contributed by atoms with Crippen LogP contribution in [0.1, 0.15) is 44.4 Å². The highest BCUT2D eigenvalue weighted by atomic mass is 16.5. The van der Waals surface area contributed by atoms with E-state index in [2.05, 4.69) is 62.4 Å². The minimum absolute atomic E-state index is 0.117. The quantitative estimate of drug-likeness (QED) is 0.651. The molecule has 2 aliphatic rings. The number of piperidine rings is 1. The van der Waals surface area contributed by atoms with Gasteiger partial charge in [0.2, 0.25) is 0 Å². The Bertz CT molecular complexity index is 1060. The molecule has 1 N–H and O–H groups in total. The summed E-state index contributed by atoms with van der Waals surface area (Å²) in [5.41, 5.74) is 2.87. The van der Waals surface area contributed by atoms with E-state index in [-0.39, 0.29) is 12.0 Å². The fraction of sp³-hybridized carbons (Fsp3) is 0.565. The van der Waals surface area contributed by atoms with Gasteiger partial charge in [0.15, 0.2) is 5.82 Å². The third-order valence-corrected chi connectivity index (χ3v) is 6.59. The Kier molecular flexibility index (Phi) is 5.93. The molecule has 3 aromatic rings. The van der Waals surface area contributed by atoms with Crippen molar-refractivity contribution in [1.29, 1.82) is 0 Å². The van der Waals surface area contributed by atoms with Crippen molar-refractivity contribution in [2.24, 2.45) is 5.92 Å². The number of morpholine rings is 1. The molecule has 4 heterocycles. The van der Waals surface area contributed by atoms with Gasteiger partial charge in [-0.15, -0.1) is 10.2 Å². The molecule has 0 radical (unpaired) electrons. The Hall–Kier alpha value is -2.78. The Labute approximate surface area is 188 Å². The van der Waals surface area contributed by atoms with Crippen molar-refractivity contribution < 1.29 is 9.84 Å². The Balaban J connectivity index is 1.37. The van der Waals surface area contributed by atoms with Crippen molar-refractivity contribution in [3.63, 3.8) is 0 Å². The molecule has 2 saturated heterocycles. The molecule has 0 amide bonds. The summed E-state index contributed by atoms with van der Waals surface area (Å²) in [5, 5.41) is 29.2. The molecule has 0 aliphatic carbocycles. The maximum absolute atomic E-state index is 11.1. The zero-order valence-electron chi connectivity index (χ0n) is 18.8. The molecule has 9 heteroatoms. The summed E-state index contributed by atoms with van der Waals surface area (Å²) in [7, 11) is 0. The molecule has 2 aromatic heterocycles. The summed E-state index contributed by atoms with van der Waals surface area (Å²) in [6.07, 6.45) is 5.18. The summed E-state index contributed by atoms with van der Waals surface area (Å²) in [6, 6.07) is 6.61. The molecule has 0 saturated carbocycles. The van der Waals surface area contributed by atoms with Gasteiger partial charge in [-0.05, 0) is 50.1 Å². The summed E-state index contributed by atoms with van der Waals surface area (Å²) in [4.78, 5) is 4.56. The van der Waals surface area contributed by atoms with Gasteiger partial charge in [0.05, 0.1) is 25.5 Å². The first-order valence-electron chi connectivity index (χ1n) is 11.5. The first kappa shape index (κ1) is 21.1. The number of nitrogens with zero attached hydrogens (tertiary/aromatic N) is 7. The van der Waals surface area contributed by atoms with Crippen LogP contribution in [0.15, 0.2) is 30.6 Å². The smallest absolute Gasteiger partial charge is 0.162 e. The van der Waals surface area contributed by atoms with E-state index in [0.29, 0.717) is 0 Å². The van der Waals surface area contributed by atoms with E-state index in [1.807, 2.05) is 10.9 Å². The summed E-state index contributed by atoms with van der Waals surface area (Å²) >= 11 is 0. The van der Waals surface area contributed by atoms with Gasteiger partial charge in [-0.25, -0.2) is 0 Å². The number of aliphatic hydroxyl groups excluding tert-OH is 1. The lowest BCUT2D eigenvalue weighted by molar-refractivity contribution is 0.0979. The highest BCUT2D eigenvalue weighted by Gasteiger charge is 2.29. The van der Waals surface area contributed by atoms with E-state index < -0.39 is 6.10 Å². The predicted molar refractivity (Wildman–Crippen MR) is 123 cm³/mol. The van der Waals surface area contributed by atoms with Gasteiger partial charge in [0, 0.05) is 61.0 Å². The lowest BCUT2D eigenvalue weighted by Gasteiger charge is -2.35. The fourth-order valence-corrected chi connectivity index (χ4v) is 4.73. The van der Waals surface area contributed by atoms with Crippen LogP contribution in [-0.2, 0) is 4.74 Å². The number of aromatic nitrogens is 5. The zero-order valence-corrected chi connectivity index (χ0v) is 18.8. The molecular formula is C23H31N7O2. The van der Waals surface area contributed by atoms with Crippen molar-refractivity contribution in [1.82, 2.24) is 25.2 Å². The van der Waals surface area contributed by atoms with Crippen molar-refractivity contribution in [3.05, 3.63) is 36.2 Å². The maximum Gasteiger partial charge on any atom is 0.162 e. The van der Waals surface area contributed by atoms with Gasteiger partial charge in [-0.3, -0.25) is 4.68 Å². The normalized spacial score (nSPS) is 20.8. The Morgan fingerprint density at radius 3 is 2.72 bits per heavy atom. The highest BCUT2D eigenvalue weighted by Crippen LogP contribution is 2.34. The SMILES string of the molecule is CC(C)n1cc([C@H](O)[C@H]2CCCN(c3nnnc4cc(N5CCOCC5)ccc34)C2)cn1. The molecule has 2 fully saturated rings. The van der Waals surface area contributed by atoms with E-state index in [9.17, 15) is 5.11 Å². The molecule has 170 valence electrons. The van der Waals surface area contributed by atoms with Crippen LogP contribution < -0.4 is 9.80 Å². The highest BCUT2D eigenvalue weighted by molar-refractivity contribution is 5.91. The minimum Gasteiger partial charge on any atom is -0.388 e. The zero-order chi connectivity index (χ0) is 22.1. The fourth-order valence-electron chi connectivity index (χ4n) is 4.73. The molecule has 0 bridgehead atoms. The summed E-state index contributed by atoms with van der Waals surface area (Å²) < 4.78 is 7.37. The van der Waals surface area contributed by atoms with E-state index in [1.165, 1.54) is 0 Å². The second kappa shape index (κ2) is 8.99. The number of rotatable bonds is 5. The lowest BCUT2D eigenvalue weighted by atomic mass is 9.89. The van der Waals surface area contributed by atoms with Crippen LogP contribution in [0, 0.1) is 5.92 Å². The second-order valence-corrected chi connectivity index (χ2v) is 9.05. The number of ether oxygens (including phenoxy) is 1. The number of hydrogen-bond donors (Lipinski definition) is 1. The van der Waals surface area contributed by atoms with Crippen LogP contribution >= 0.6 is 0 Å². The third kappa shape index (κ3) is 4.14. The van der Waals surface area contributed by atoms with Gasteiger partial charge in [-0.1, -0.05) is 0 Å². The topological polar surface area (TPSA) is 92.4 Å². The van der Waals surface area contributed by atoms with Crippen LogP contribution in [0.4, 0.5) is 11.5 Å². The molecule has 32 heavy (non-hydrogen) atoms. The van der Waals surface area contributed by atoms with E-state index in [4.69, 9.17) is 4.74 Å². The average molecular weight is 438 g/mol. The monoisotopic (exact) mass is 437 g/mol. The van der Waals surface area contributed by atoms with Gasteiger partial charge < -0.3 is 19.6 Å². The average Bonchev–Trinajstić information content (AvgIpc) is 3.34. The number of anilines is 2. The first-order valence-corrected chi connectivity index (χ1v) is 11.5. The van der Waals surface area contributed by atoms with E-state index >= 15 is 0 Å². The number of hydrogen-bond acceptors (Lipinski definition) is 8. The molecule has 2 aliphatic heterocycles. The number of aliphatic hydroxyl groups is 1. The molecule has 1 aromatic carbocycles.